The van der Waals surface area contributed by atoms with Crippen LogP contribution in [-0.2, 0) is 12.7 Å². The van der Waals surface area contributed by atoms with Crippen LogP contribution in [0.3, 0.4) is 0 Å². The minimum absolute atomic E-state index is 0.106. The first-order valence-electron chi connectivity index (χ1n) is 12.8. The van der Waals surface area contributed by atoms with Crippen LogP contribution < -0.4 is 21.0 Å². The van der Waals surface area contributed by atoms with Crippen molar-refractivity contribution in [3.63, 3.8) is 0 Å². The number of hydrogen-bond donors (Lipinski definition) is 3. The van der Waals surface area contributed by atoms with Gasteiger partial charge in [0.15, 0.2) is 0 Å². The first-order valence-corrected chi connectivity index (χ1v) is 13.2. The Morgan fingerprint density at radius 1 is 1.00 bits per heavy atom. The van der Waals surface area contributed by atoms with E-state index in [0.29, 0.717) is 12.1 Å². The Kier molecular flexibility index (Phi) is 9.44. The topological polar surface area (TPSA) is 85.8 Å². The van der Waals surface area contributed by atoms with E-state index in [1.54, 1.807) is 30.3 Å². The number of piperidine rings is 1. The molecular weight excluding hydrogens is 543 g/mol. The molecule has 1 saturated heterocycles. The highest BCUT2D eigenvalue weighted by Gasteiger charge is 2.33. The quantitative estimate of drug-likeness (QED) is 0.226. The number of anilines is 2. The summed E-state index contributed by atoms with van der Waals surface area (Å²) in [4.78, 5) is 28.5. The molecule has 1 aliphatic rings. The lowest BCUT2D eigenvalue weighted by atomic mass is 10.1. The first-order chi connectivity index (χ1) is 19.2. The van der Waals surface area contributed by atoms with E-state index in [4.69, 9.17) is 11.6 Å². The van der Waals surface area contributed by atoms with Gasteiger partial charge in [-0.05, 0) is 79.9 Å². The number of nitrogens with one attached hydrogen (secondary N) is 3. The Balaban J connectivity index is 1.58. The van der Waals surface area contributed by atoms with E-state index < -0.39 is 22.7 Å². The molecule has 40 heavy (non-hydrogen) atoms. The fourth-order valence-electron chi connectivity index (χ4n) is 4.47. The fraction of sp³-hybridized carbons (Fsp3) is 0.276. The highest BCUT2D eigenvalue weighted by atomic mass is 35.5. The van der Waals surface area contributed by atoms with Gasteiger partial charge in [0.25, 0.3) is 11.8 Å². The van der Waals surface area contributed by atoms with E-state index in [9.17, 15) is 22.8 Å². The van der Waals surface area contributed by atoms with Crippen molar-refractivity contribution in [2.75, 3.05) is 30.4 Å². The van der Waals surface area contributed by atoms with E-state index in [1.807, 2.05) is 19.2 Å². The lowest BCUT2D eigenvalue weighted by molar-refractivity contribution is -0.137. The molecule has 2 amide bonds. The molecule has 0 spiro atoms. The molecule has 1 fully saturated rings. The zero-order valence-corrected chi connectivity index (χ0v) is 22.6. The SMILES string of the molecule is CNCc1cccc(C(=O)Nc2ccc(N3CCCCC3)cc2C(=O)NN=Cc2ccc(Cl)c(C(F)(F)F)c2)c1. The van der Waals surface area contributed by atoms with Crippen LogP contribution in [-0.4, -0.2) is 38.2 Å². The van der Waals surface area contributed by atoms with Gasteiger partial charge in [0, 0.05) is 30.9 Å². The molecule has 0 radical (unpaired) electrons. The van der Waals surface area contributed by atoms with Crippen LogP contribution in [0.15, 0.2) is 65.8 Å². The van der Waals surface area contributed by atoms with Crippen LogP contribution in [0.5, 0.6) is 0 Å². The molecule has 0 saturated carbocycles. The Hall–Kier alpha value is -3.89. The summed E-state index contributed by atoms with van der Waals surface area (Å²) in [6.07, 6.45) is -0.315. The predicted octanol–water partition coefficient (Wildman–Crippen LogP) is 6.08. The normalized spacial score (nSPS) is 13.9. The molecule has 0 aromatic heterocycles. The van der Waals surface area contributed by atoms with E-state index in [2.05, 4.69) is 26.1 Å². The molecule has 0 atom stereocenters. The molecule has 0 unspecified atom stereocenters. The Labute approximate surface area is 235 Å². The molecule has 11 heteroatoms. The Morgan fingerprint density at radius 3 is 2.50 bits per heavy atom. The standard InChI is InChI=1S/C29H29ClF3N5O2/c1-34-17-19-6-5-7-21(14-19)27(39)36-26-11-9-22(38-12-3-2-4-13-38)16-23(26)28(40)37-35-18-20-8-10-25(30)24(15-20)29(31,32)33/h5-11,14-16,18,34H,2-4,12-13,17H2,1H3,(H,36,39)(H,37,40). The second kappa shape index (κ2) is 13.0. The van der Waals surface area contributed by atoms with Crippen molar-refractivity contribution in [3.05, 3.63) is 93.5 Å². The van der Waals surface area contributed by atoms with Crippen molar-refractivity contribution in [2.24, 2.45) is 5.10 Å². The number of hydrazone groups is 1. The predicted molar refractivity (Wildman–Crippen MR) is 151 cm³/mol. The van der Waals surface area contributed by atoms with Gasteiger partial charge in [-0.1, -0.05) is 29.8 Å². The smallest absolute Gasteiger partial charge is 0.372 e. The maximum absolute atomic E-state index is 13.2. The first kappa shape index (κ1) is 29.1. The minimum Gasteiger partial charge on any atom is -0.372 e. The summed E-state index contributed by atoms with van der Waals surface area (Å²) in [6.45, 7) is 2.29. The number of carbonyl (C=O) groups is 2. The third-order valence-corrected chi connectivity index (χ3v) is 6.79. The number of amides is 2. The molecule has 4 rings (SSSR count). The lowest BCUT2D eigenvalue weighted by Gasteiger charge is -2.29. The van der Waals surface area contributed by atoms with Crippen LogP contribution in [0.1, 0.15) is 56.7 Å². The van der Waals surface area contributed by atoms with Gasteiger partial charge in [-0.2, -0.15) is 18.3 Å². The van der Waals surface area contributed by atoms with Crippen LogP contribution in [0.25, 0.3) is 0 Å². The van der Waals surface area contributed by atoms with Crippen LogP contribution in [0.4, 0.5) is 24.5 Å². The molecule has 1 aliphatic heterocycles. The fourth-order valence-corrected chi connectivity index (χ4v) is 4.69. The van der Waals surface area contributed by atoms with Crippen LogP contribution >= 0.6 is 11.6 Å². The highest BCUT2D eigenvalue weighted by molar-refractivity contribution is 6.31. The largest absolute Gasteiger partial charge is 0.417 e. The van der Waals surface area contributed by atoms with Crippen molar-refractivity contribution in [3.8, 4) is 0 Å². The second-order valence-electron chi connectivity index (χ2n) is 9.40. The number of benzene rings is 3. The number of hydrogen-bond acceptors (Lipinski definition) is 5. The summed E-state index contributed by atoms with van der Waals surface area (Å²) in [5.74, 6) is -1.01. The average molecular weight is 572 g/mol. The molecule has 1 heterocycles. The number of nitrogens with zero attached hydrogens (tertiary/aromatic N) is 2. The van der Waals surface area contributed by atoms with Gasteiger partial charge in [-0.15, -0.1) is 0 Å². The summed E-state index contributed by atoms with van der Waals surface area (Å²) in [5.41, 5.74) is 4.12. The van der Waals surface area contributed by atoms with Gasteiger partial charge < -0.3 is 15.5 Å². The molecule has 0 aliphatic carbocycles. The molecular formula is C29H29ClF3N5O2. The third-order valence-electron chi connectivity index (χ3n) is 6.46. The Morgan fingerprint density at radius 2 is 1.77 bits per heavy atom. The summed E-state index contributed by atoms with van der Waals surface area (Å²) in [5, 5.41) is 9.28. The van der Waals surface area contributed by atoms with E-state index >= 15 is 0 Å². The second-order valence-corrected chi connectivity index (χ2v) is 9.81. The molecule has 3 N–H and O–H groups in total. The third kappa shape index (κ3) is 7.40. The lowest BCUT2D eigenvalue weighted by Crippen LogP contribution is -2.30. The zero-order chi connectivity index (χ0) is 28.7. The maximum atomic E-state index is 13.2. The maximum Gasteiger partial charge on any atom is 0.417 e. The van der Waals surface area contributed by atoms with Crippen LogP contribution in [0.2, 0.25) is 5.02 Å². The van der Waals surface area contributed by atoms with Gasteiger partial charge in [0.05, 0.1) is 28.1 Å². The van der Waals surface area contributed by atoms with Crippen LogP contribution in [0, 0.1) is 0 Å². The van der Waals surface area contributed by atoms with Gasteiger partial charge in [-0.25, -0.2) is 5.43 Å². The number of alkyl halides is 3. The number of halogens is 4. The van der Waals surface area contributed by atoms with Crippen molar-refractivity contribution < 1.29 is 22.8 Å². The van der Waals surface area contributed by atoms with Gasteiger partial charge in [0.1, 0.15) is 0 Å². The summed E-state index contributed by atoms with van der Waals surface area (Å²) >= 11 is 5.68. The van der Waals surface area contributed by atoms with Crippen molar-refractivity contribution in [1.29, 1.82) is 0 Å². The highest BCUT2D eigenvalue weighted by Crippen LogP contribution is 2.35. The Bertz CT molecular complexity index is 1400. The van der Waals surface area contributed by atoms with Crippen molar-refractivity contribution in [1.82, 2.24) is 10.7 Å². The van der Waals surface area contributed by atoms with E-state index in [0.717, 1.165) is 62.0 Å². The summed E-state index contributed by atoms with van der Waals surface area (Å²) in [6, 6.07) is 15.7. The van der Waals surface area contributed by atoms with Gasteiger partial charge >= 0.3 is 6.18 Å². The molecule has 7 nitrogen and oxygen atoms in total. The molecule has 3 aromatic rings. The molecule has 0 bridgehead atoms. The average Bonchev–Trinajstić information content (AvgIpc) is 2.94. The molecule has 3 aromatic carbocycles. The molecule has 210 valence electrons. The van der Waals surface area contributed by atoms with Gasteiger partial charge in [-0.3, -0.25) is 9.59 Å². The van der Waals surface area contributed by atoms with E-state index in [-0.39, 0.29) is 22.7 Å². The number of rotatable bonds is 8. The van der Waals surface area contributed by atoms with Gasteiger partial charge in [0.2, 0.25) is 0 Å². The number of carbonyl (C=O) groups excluding carboxylic acids is 2. The monoisotopic (exact) mass is 571 g/mol. The van der Waals surface area contributed by atoms with Crippen molar-refractivity contribution in [2.45, 2.75) is 32.0 Å². The minimum atomic E-state index is -4.63. The summed E-state index contributed by atoms with van der Waals surface area (Å²) in [7, 11) is 1.81. The zero-order valence-electron chi connectivity index (χ0n) is 21.8. The van der Waals surface area contributed by atoms with Crippen molar-refractivity contribution >= 4 is 41.0 Å². The van der Waals surface area contributed by atoms with E-state index in [1.165, 1.54) is 6.07 Å². The summed E-state index contributed by atoms with van der Waals surface area (Å²) < 4.78 is 39.5.